The zero-order valence-electron chi connectivity index (χ0n) is 9.94. The summed E-state index contributed by atoms with van der Waals surface area (Å²) < 4.78 is 0. The Morgan fingerprint density at radius 1 is 1.29 bits per heavy atom. The van der Waals surface area contributed by atoms with E-state index in [2.05, 4.69) is 10.6 Å². The van der Waals surface area contributed by atoms with Crippen LogP contribution in [0.5, 0.6) is 0 Å². The van der Waals surface area contributed by atoms with Crippen molar-refractivity contribution in [2.45, 2.75) is 38.3 Å². The van der Waals surface area contributed by atoms with Gasteiger partial charge in [0.2, 0.25) is 0 Å². The second-order valence-electron chi connectivity index (χ2n) is 4.57. The number of rotatable bonds is 2. The Bertz CT molecular complexity index is 389. The fraction of sp³-hybridized carbons (Fsp3) is 0.462. The third kappa shape index (κ3) is 3.20. The molecule has 0 spiro atoms. The molecule has 1 aliphatic rings. The Morgan fingerprint density at radius 3 is 2.59 bits per heavy atom. The number of nitrogens with one attached hydrogen (secondary N) is 2. The van der Waals surface area contributed by atoms with Crippen molar-refractivity contribution in [2.75, 3.05) is 5.32 Å². The largest absolute Gasteiger partial charge is 0.391 e. The number of aliphatic hydroxyl groups excluding tert-OH is 1. The summed E-state index contributed by atoms with van der Waals surface area (Å²) in [5, 5.41) is 15.1. The molecule has 17 heavy (non-hydrogen) atoms. The van der Waals surface area contributed by atoms with Crippen LogP contribution in [0.25, 0.3) is 0 Å². The van der Waals surface area contributed by atoms with Gasteiger partial charge < -0.3 is 15.7 Å². The first-order valence-corrected chi connectivity index (χ1v) is 5.97. The second-order valence-corrected chi connectivity index (χ2v) is 4.57. The van der Waals surface area contributed by atoms with Gasteiger partial charge in [-0.1, -0.05) is 17.7 Å². The number of urea groups is 1. The zero-order valence-corrected chi connectivity index (χ0v) is 9.94. The summed E-state index contributed by atoms with van der Waals surface area (Å²) in [5.74, 6) is 0. The van der Waals surface area contributed by atoms with E-state index in [4.69, 9.17) is 0 Å². The highest BCUT2D eigenvalue weighted by Gasteiger charge is 2.26. The van der Waals surface area contributed by atoms with Crippen LogP contribution < -0.4 is 10.6 Å². The summed E-state index contributed by atoms with van der Waals surface area (Å²) in [6, 6.07) is 7.25. The third-order valence-electron chi connectivity index (χ3n) is 3.11. The van der Waals surface area contributed by atoms with Gasteiger partial charge in [0, 0.05) is 5.69 Å². The number of amides is 2. The van der Waals surface area contributed by atoms with Crippen LogP contribution in [0, 0.1) is 6.92 Å². The summed E-state index contributed by atoms with van der Waals surface area (Å²) in [6.45, 7) is 2.00. The first-order chi connectivity index (χ1) is 8.15. The molecule has 0 aromatic heterocycles. The highest BCUT2D eigenvalue weighted by molar-refractivity contribution is 5.89. The lowest BCUT2D eigenvalue weighted by molar-refractivity contribution is 0.151. The van der Waals surface area contributed by atoms with E-state index in [-0.39, 0.29) is 12.1 Å². The lowest BCUT2D eigenvalue weighted by Crippen LogP contribution is -2.42. The van der Waals surface area contributed by atoms with Crippen molar-refractivity contribution in [3.63, 3.8) is 0 Å². The Kier molecular flexibility index (Phi) is 3.64. The van der Waals surface area contributed by atoms with Gasteiger partial charge in [0.05, 0.1) is 12.1 Å². The number of hydrogen-bond acceptors (Lipinski definition) is 2. The van der Waals surface area contributed by atoms with Gasteiger partial charge in [0.15, 0.2) is 0 Å². The van der Waals surface area contributed by atoms with Crippen molar-refractivity contribution in [1.82, 2.24) is 5.32 Å². The maximum atomic E-state index is 11.7. The van der Waals surface area contributed by atoms with Crippen LogP contribution in [0.1, 0.15) is 24.8 Å². The van der Waals surface area contributed by atoms with Crippen LogP contribution in [0.4, 0.5) is 10.5 Å². The van der Waals surface area contributed by atoms with Gasteiger partial charge in [-0.2, -0.15) is 0 Å². The molecule has 2 unspecified atom stereocenters. The Labute approximate surface area is 101 Å². The molecule has 0 heterocycles. The molecule has 92 valence electrons. The molecule has 2 rings (SSSR count). The van der Waals surface area contributed by atoms with Crippen LogP contribution in [0.15, 0.2) is 24.3 Å². The molecule has 3 N–H and O–H groups in total. The van der Waals surface area contributed by atoms with E-state index < -0.39 is 6.10 Å². The van der Waals surface area contributed by atoms with Crippen molar-refractivity contribution in [3.8, 4) is 0 Å². The van der Waals surface area contributed by atoms with Crippen LogP contribution in [0.3, 0.4) is 0 Å². The predicted molar refractivity (Wildman–Crippen MR) is 67.0 cm³/mol. The van der Waals surface area contributed by atoms with Crippen molar-refractivity contribution in [1.29, 1.82) is 0 Å². The van der Waals surface area contributed by atoms with Gasteiger partial charge >= 0.3 is 6.03 Å². The lowest BCUT2D eigenvalue weighted by Gasteiger charge is -2.16. The number of aliphatic hydroxyl groups is 1. The topological polar surface area (TPSA) is 61.4 Å². The first kappa shape index (κ1) is 11.9. The lowest BCUT2D eigenvalue weighted by atomic mass is 10.2. The molecule has 1 aromatic carbocycles. The number of hydrogen-bond donors (Lipinski definition) is 3. The molecule has 0 aliphatic heterocycles. The molecule has 4 heteroatoms. The fourth-order valence-corrected chi connectivity index (χ4v) is 2.08. The minimum absolute atomic E-state index is 0.111. The van der Waals surface area contributed by atoms with E-state index >= 15 is 0 Å². The average molecular weight is 234 g/mol. The Hall–Kier alpha value is -1.55. The quantitative estimate of drug-likeness (QED) is 0.733. The van der Waals surface area contributed by atoms with E-state index in [9.17, 15) is 9.90 Å². The van der Waals surface area contributed by atoms with Crippen molar-refractivity contribution < 1.29 is 9.90 Å². The smallest absolute Gasteiger partial charge is 0.319 e. The van der Waals surface area contributed by atoms with Crippen molar-refractivity contribution in [3.05, 3.63) is 29.8 Å². The monoisotopic (exact) mass is 234 g/mol. The van der Waals surface area contributed by atoms with Gasteiger partial charge in [0.25, 0.3) is 0 Å². The SMILES string of the molecule is Cc1ccc(NC(=O)NC2CCCC2O)cc1. The molecular weight excluding hydrogens is 216 g/mol. The summed E-state index contributed by atoms with van der Waals surface area (Å²) in [5.41, 5.74) is 1.92. The Morgan fingerprint density at radius 2 is 2.00 bits per heavy atom. The average Bonchev–Trinajstić information content (AvgIpc) is 2.68. The molecule has 4 nitrogen and oxygen atoms in total. The van der Waals surface area contributed by atoms with Crippen LogP contribution in [-0.2, 0) is 0 Å². The van der Waals surface area contributed by atoms with Gasteiger partial charge in [-0.05, 0) is 38.3 Å². The van der Waals surface area contributed by atoms with Crippen LogP contribution in [0.2, 0.25) is 0 Å². The van der Waals surface area contributed by atoms with Crippen LogP contribution >= 0.6 is 0 Å². The maximum Gasteiger partial charge on any atom is 0.319 e. The molecule has 1 aliphatic carbocycles. The van der Waals surface area contributed by atoms with Gasteiger partial charge in [0.1, 0.15) is 0 Å². The number of aryl methyl sites for hydroxylation is 1. The van der Waals surface area contributed by atoms with E-state index in [0.29, 0.717) is 0 Å². The molecule has 2 amide bonds. The summed E-state index contributed by atoms with van der Waals surface area (Å²) in [6.07, 6.45) is 2.19. The summed E-state index contributed by atoms with van der Waals surface area (Å²) >= 11 is 0. The van der Waals surface area contributed by atoms with E-state index in [1.54, 1.807) is 0 Å². The van der Waals surface area contributed by atoms with Gasteiger partial charge in [-0.3, -0.25) is 0 Å². The standard InChI is InChI=1S/C13H18N2O2/c1-9-5-7-10(8-6-9)14-13(17)15-11-3-2-4-12(11)16/h5-8,11-12,16H,2-4H2,1H3,(H2,14,15,17). The van der Waals surface area contributed by atoms with Crippen molar-refractivity contribution >= 4 is 11.7 Å². The summed E-state index contributed by atoms with van der Waals surface area (Å²) in [4.78, 5) is 11.7. The minimum atomic E-state index is -0.404. The van der Waals surface area contributed by atoms with E-state index in [0.717, 1.165) is 30.5 Å². The van der Waals surface area contributed by atoms with Crippen molar-refractivity contribution in [2.24, 2.45) is 0 Å². The van der Waals surface area contributed by atoms with Gasteiger partial charge in [-0.15, -0.1) is 0 Å². The maximum absolute atomic E-state index is 11.7. The zero-order chi connectivity index (χ0) is 12.3. The molecule has 1 saturated carbocycles. The molecule has 0 bridgehead atoms. The molecule has 0 saturated heterocycles. The molecule has 1 fully saturated rings. The second kappa shape index (κ2) is 5.19. The number of benzene rings is 1. The number of carbonyl (C=O) groups excluding carboxylic acids is 1. The molecule has 1 aromatic rings. The number of carbonyl (C=O) groups is 1. The normalized spacial score (nSPS) is 23.4. The van der Waals surface area contributed by atoms with E-state index in [1.165, 1.54) is 0 Å². The summed E-state index contributed by atoms with van der Waals surface area (Å²) in [7, 11) is 0. The van der Waals surface area contributed by atoms with Gasteiger partial charge in [-0.25, -0.2) is 4.79 Å². The molecular formula is C13H18N2O2. The Balaban J connectivity index is 1.86. The third-order valence-corrected chi connectivity index (χ3v) is 3.11. The van der Waals surface area contributed by atoms with Crippen LogP contribution in [-0.4, -0.2) is 23.3 Å². The molecule has 0 radical (unpaired) electrons. The predicted octanol–water partition coefficient (Wildman–Crippen LogP) is 2.03. The number of anilines is 1. The first-order valence-electron chi connectivity index (χ1n) is 5.97. The molecule has 2 atom stereocenters. The highest BCUT2D eigenvalue weighted by Crippen LogP contribution is 2.18. The highest BCUT2D eigenvalue weighted by atomic mass is 16.3. The fourth-order valence-electron chi connectivity index (χ4n) is 2.08. The van der Waals surface area contributed by atoms with E-state index in [1.807, 2.05) is 31.2 Å². The minimum Gasteiger partial charge on any atom is -0.391 e.